The summed E-state index contributed by atoms with van der Waals surface area (Å²) in [4.78, 5) is 4.67. The molecule has 0 amide bonds. The van der Waals surface area contributed by atoms with Crippen molar-refractivity contribution in [2.75, 3.05) is 12.8 Å². The lowest BCUT2D eigenvalue weighted by Crippen LogP contribution is -2.22. The molecule has 4 heteroatoms. The number of benzene rings is 1. The quantitative estimate of drug-likeness (QED) is 0.857. The largest absolute Gasteiger partial charge is 0.298 e. The van der Waals surface area contributed by atoms with Crippen molar-refractivity contribution in [3.63, 3.8) is 0 Å². The van der Waals surface area contributed by atoms with E-state index < -0.39 is 0 Å². The lowest BCUT2D eigenvalue weighted by molar-refractivity contribution is 0.613. The minimum atomic E-state index is -0.165. The summed E-state index contributed by atoms with van der Waals surface area (Å²) in [7, 11) is 1.95. The molecule has 0 bridgehead atoms. The first-order valence-electron chi connectivity index (χ1n) is 6.85. The second-order valence-corrected chi connectivity index (χ2v) is 5.97. The second kappa shape index (κ2) is 7.06. The van der Waals surface area contributed by atoms with Crippen LogP contribution in [0.1, 0.15) is 37.7 Å². The van der Waals surface area contributed by atoms with Gasteiger partial charge in [0.15, 0.2) is 0 Å². The van der Waals surface area contributed by atoms with Crippen LogP contribution in [0.2, 0.25) is 0 Å². The summed E-state index contributed by atoms with van der Waals surface area (Å²) < 4.78 is 13.0. The number of rotatable bonds is 6. The highest BCUT2D eigenvalue weighted by Crippen LogP contribution is 2.30. The molecule has 1 N–H and O–H groups in total. The van der Waals surface area contributed by atoms with E-state index in [-0.39, 0.29) is 12.0 Å². The number of hydrogen-bond acceptors (Lipinski definition) is 3. The van der Waals surface area contributed by atoms with Crippen LogP contribution in [0.3, 0.4) is 0 Å². The molecule has 0 unspecified atom stereocenters. The lowest BCUT2D eigenvalue weighted by Gasteiger charge is -2.16. The van der Waals surface area contributed by atoms with Gasteiger partial charge in [-0.05, 0) is 37.1 Å². The van der Waals surface area contributed by atoms with Crippen LogP contribution in [0, 0.1) is 5.82 Å². The van der Waals surface area contributed by atoms with E-state index in [2.05, 4.69) is 17.2 Å². The van der Waals surface area contributed by atoms with Crippen LogP contribution in [-0.2, 0) is 0 Å². The molecule has 1 aliphatic heterocycles. The third-order valence-corrected chi connectivity index (χ3v) is 4.53. The zero-order chi connectivity index (χ0) is 13.7. The molecular formula is C15H21FN2S. The normalized spacial score (nSPS) is 20.4. The van der Waals surface area contributed by atoms with Gasteiger partial charge in [0, 0.05) is 12.2 Å². The Morgan fingerprint density at radius 2 is 2.16 bits per heavy atom. The van der Waals surface area contributed by atoms with Crippen LogP contribution < -0.4 is 5.32 Å². The molecular weight excluding hydrogens is 259 g/mol. The Hall–Kier alpha value is -0.870. The van der Waals surface area contributed by atoms with E-state index in [4.69, 9.17) is 0 Å². The molecule has 2 nitrogen and oxygen atoms in total. The third-order valence-electron chi connectivity index (χ3n) is 3.44. The van der Waals surface area contributed by atoms with E-state index in [0.717, 1.165) is 25.0 Å². The summed E-state index contributed by atoms with van der Waals surface area (Å²) in [5.41, 5.74) is 1.22. The zero-order valence-electron chi connectivity index (χ0n) is 11.5. The van der Waals surface area contributed by atoms with Gasteiger partial charge in [-0.2, -0.15) is 0 Å². The predicted molar refractivity (Wildman–Crippen MR) is 81.4 cm³/mol. The van der Waals surface area contributed by atoms with Gasteiger partial charge in [-0.1, -0.05) is 25.5 Å². The van der Waals surface area contributed by atoms with Crippen LogP contribution in [0.4, 0.5) is 4.39 Å². The summed E-state index contributed by atoms with van der Waals surface area (Å²) in [5, 5.41) is 4.41. The highest BCUT2D eigenvalue weighted by atomic mass is 32.2. The Balaban J connectivity index is 2.06. The van der Waals surface area contributed by atoms with Crippen molar-refractivity contribution >= 4 is 16.8 Å². The molecule has 0 fully saturated rings. The zero-order valence-corrected chi connectivity index (χ0v) is 12.3. The van der Waals surface area contributed by atoms with Crippen molar-refractivity contribution in [2.24, 2.45) is 4.99 Å². The maximum absolute atomic E-state index is 13.0. The maximum atomic E-state index is 13.0. The minimum absolute atomic E-state index is 0.165. The second-order valence-electron chi connectivity index (χ2n) is 4.88. The van der Waals surface area contributed by atoms with E-state index in [1.54, 1.807) is 12.1 Å². The van der Waals surface area contributed by atoms with Crippen molar-refractivity contribution < 1.29 is 4.39 Å². The molecule has 2 atom stereocenters. The number of halogens is 1. The monoisotopic (exact) mass is 280 g/mol. The van der Waals surface area contributed by atoms with Crippen LogP contribution in [0.5, 0.6) is 0 Å². The van der Waals surface area contributed by atoms with E-state index in [1.165, 1.54) is 10.6 Å². The smallest absolute Gasteiger partial charge is 0.123 e. The number of hydrogen-bond donors (Lipinski definition) is 1. The first kappa shape index (κ1) is 14.5. The fraction of sp³-hybridized carbons (Fsp3) is 0.533. The van der Waals surface area contributed by atoms with Gasteiger partial charge in [0.2, 0.25) is 0 Å². The lowest BCUT2D eigenvalue weighted by atomic mass is 9.92. The SMILES string of the molecule is CCC[C@@H](CC1=N[C@H](NC)CS1)c1ccc(F)cc1. The van der Waals surface area contributed by atoms with Crippen LogP contribution in [-0.4, -0.2) is 24.0 Å². The average molecular weight is 280 g/mol. The average Bonchev–Trinajstić information content (AvgIpc) is 2.87. The van der Waals surface area contributed by atoms with E-state index in [9.17, 15) is 4.39 Å². The minimum Gasteiger partial charge on any atom is -0.298 e. The molecule has 0 spiro atoms. The first-order chi connectivity index (χ1) is 9.22. The number of aliphatic imine (C=N–C) groups is 1. The molecule has 1 aliphatic rings. The number of thioether (sulfide) groups is 1. The van der Waals surface area contributed by atoms with Gasteiger partial charge >= 0.3 is 0 Å². The van der Waals surface area contributed by atoms with Crippen molar-refractivity contribution in [3.8, 4) is 0 Å². The summed E-state index contributed by atoms with van der Waals surface area (Å²) in [5.74, 6) is 1.31. The molecule has 2 rings (SSSR count). The summed E-state index contributed by atoms with van der Waals surface area (Å²) in [6.07, 6.45) is 3.49. The van der Waals surface area contributed by atoms with Gasteiger partial charge in [0.05, 0.1) is 5.04 Å². The molecule has 0 saturated heterocycles. The van der Waals surface area contributed by atoms with Gasteiger partial charge < -0.3 is 0 Å². The molecule has 1 heterocycles. The Bertz CT molecular complexity index is 430. The summed E-state index contributed by atoms with van der Waals surface area (Å²) >= 11 is 1.84. The topological polar surface area (TPSA) is 24.4 Å². The van der Waals surface area contributed by atoms with Crippen molar-refractivity contribution in [1.29, 1.82) is 0 Å². The van der Waals surface area contributed by atoms with E-state index in [0.29, 0.717) is 5.92 Å². The van der Waals surface area contributed by atoms with Gasteiger partial charge in [0.25, 0.3) is 0 Å². The highest BCUT2D eigenvalue weighted by Gasteiger charge is 2.20. The standard InChI is InChI=1S/C15H21FN2S/c1-3-4-12(11-5-7-13(16)8-6-11)9-15-18-14(17-2)10-19-15/h5-8,12,14,17H,3-4,9-10H2,1-2H3/t12-,14-/m0/s1. The van der Waals surface area contributed by atoms with Crippen LogP contribution in [0.15, 0.2) is 29.3 Å². The fourth-order valence-corrected chi connectivity index (χ4v) is 3.48. The van der Waals surface area contributed by atoms with Crippen molar-refractivity contribution in [1.82, 2.24) is 5.32 Å². The van der Waals surface area contributed by atoms with E-state index in [1.807, 2.05) is 30.9 Å². The number of nitrogens with zero attached hydrogens (tertiary/aromatic N) is 1. The fourth-order valence-electron chi connectivity index (χ4n) is 2.36. The third kappa shape index (κ3) is 4.05. The van der Waals surface area contributed by atoms with E-state index >= 15 is 0 Å². The van der Waals surface area contributed by atoms with Crippen LogP contribution in [0.25, 0.3) is 0 Å². The molecule has 0 aromatic heterocycles. The highest BCUT2D eigenvalue weighted by molar-refractivity contribution is 8.14. The molecule has 0 saturated carbocycles. The molecule has 104 valence electrons. The Morgan fingerprint density at radius 3 is 2.74 bits per heavy atom. The molecule has 1 aromatic carbocycles. The predicted octanol–water partition coefficient (Wildman–Crippen LogP) is 3.79. The van der Waals surface area contributed by atoms with Gasteiger partial charge in [-0.15, -0.1) is 11.8 Å². The van der Waals surface area contributed by atoms with Crippen LogP contribution >= 0.6 is 11.8 Å². The number of nitrogens with one attached hydrogen (secondary N) is 1. The summed E-state index contributed by atoms with van der Waals surface area (Å²) in [6.45, 7) is 2.19. The van der Waals surface area contributed by atoms with Gasteiger partial charge in [-0.3, -0.25) is 10.3 Å². The Labute approximate surface area is 118 Å². The molecule has 0 radical (unpaired) electrons. The Kier molecular flexibility index (Phi) is 5.40. The Morgan fingerprint density at radius 1 is 1.42 bits per heavy atom. The van der Waals surface area contributed by atoms with Crippen molar-refractivity contribution in [3.05, 3.63) is 35.6 Å². The summed E-state index contributed by atoms with van der Waals surface area (Å²) in [6, 6.07) is 6.92. The first-order valence-corrected chi connectivity index (χ1v) is 7.83. The maximum Gasteiger partial charge on any atom is 0.123 e. The van der Waals surface area contributed by atoms with Gasteiger partial charge in [-0.25, -0.2) is 4.39 Å². The molecule has 19 heavy (non-hydrogen) atoms. The molecule has 0 aliphatic carbocycles. The molecule has 1 aromatic rings. The van der Waals surface area contributed by atoms with Gasteiger partial charge in [0.1, 0.15) is 12.0 Å². The van der Waals surface area contributed by atoms with Crippen molar-refractivity contribution in [2.45, 2.75) is 38.3 Å².